The minimum Gasteiger partial charge on any atom is -0.742 e. The number of imidazole rings is 1. The van der Waals surface area contributed by atoms with Crippen molar-refractivity contribution in [1.82, 2.24) is 9.97 Å². The summed E-state index contributed by atoms with van der Waals surface area (Å²) in [6, 6.07) is 9.00. The predicted octanol–water partition coefficient (Wildman–Crippen LogP) is -0.148. The van der Waals surface area contributed by atoms with Crippen molar-refractivity contribution in [3.05, 3.63) is 47.6 Å². The van der Waals surface area contributed by atoms with E-state index in [2.05, 4.69) is 9.97 Å². The maximum Gasteiger partial charge on any atom is 1.00 e. The van der Waals surface area contributed by atoms with Crippen LogP contribution in [0.15, 0.2) is 46.9 Å². The van der Waals surface area contributed by atoms with Crippen molar-refractivity contribution in [3.8, 4) is 21.8 Å². The molecule has 108 valence electrons. The number of aromatic nitrogens is 2. The summed E-state index contributed by atoms with van der Waals surface area (Å²) in [5, 5.41) is 1.17. The fourth-order valence-corrected chi connectivity index (χ4v) is 3.04. The molecule has 2 heterocycles. The van der Waals surface area contributed by atoms with Crippen LogP contribution >= 0.6 is 11.3 Å². The number of nitrogens with zero attached hydrogens (tertiary/aromatic N) is 1. The van der Waals surface area contributed by atoms with Crippen LogP contribution in [0.1, 0.15) is 0 Å². The van der Waals surface area contributed by atoms with Gasteiger partial charge >= 0.3 is 29.6 Å². The summed E-state index contributed by atoms with van der Waals surface area (Å²) < 4.78 is 46.4. The zero-order valence-electron chi connectivity index (χ0n) is 11.4. The molecular formula is C13H8FN2NaO3S2. The molecule has 0 aliphatic heterocycles. The van der Waals surface area contributed by atoms with E-state index in [1.807, 2.05) is 5.38 Å². The van der Waals surface area contributed by atoms with Crippen LogP contribution in [-0.4, -0.2) is 22.9 Å². The molecule has 0 bridgehead atoms. The summed E-state index contributed by atoms with van der Waals surface area (Å²) in [7, 11) is -4.70. The summed E-state index contributed by atoms with van der Waals surface area (Å²) in [6.45, 7) is 0. The molecule has 0 saturated heterocycles. The Bertz CT molecular complexity index is 875. The molecule has 0 radical (unpaired) electrons. The van der Waals surface area contributed by atoms with Crippen LogP contribution in [-0.2, 0) is 10.1 Å². The molecule has 0 atom stereocenters. The Morgan fingerprint density at radius 2 is 1.86 bits per heavy atom. The van der Waals surface area contributed by atoms with Crippen molar-refractivity contribution < 1.29 is 46.9 Å². The van der Waals surface area contributed by atoms with E-state index < -0.39 is 21.1 Å². The molecule has 0 aliphatic carbocycles. The van der Waals surface area contributed by atoms with Gasteiger partial charge in [-0.1, -0.05) is 6.07 Å². The van der Waals surface area contributed by atoms with Gasteiger partial charge in [0.25, 0.3) is 0 Å². The predicted molar refractivity (Wildman–Crippen MR) is 75.3 cm³/mol. The number of rotatable bonds is 3. The molecule has 2 aromatic heterocycles. The number of hydrogen-bond donors (Lipinski definition) is 1. The number of H-pyrrole nitrogens is 1. The first-order valence-corrected chi connectivity index (χ1v) is 8.09. The molecule has 0 amide bonds. The average molecular weight is 346 g/mol. The third-order valence-corrected chi connectivity index (χ3v) is 4.36. The maximum absolute atomic E-state index is 13.0. The van der Waals surface area contributed by atoms with Gasteiger partial charge in [-0.05, 0) is 35.7 Å². The molecule has 1 aromatic carbocycles. The maximum atomic E-state index is 13.0. The second kappa shape index (κ2) is 6.61. The van der Waals surface area contributed by atoms with E-state index in [0.29, 0.717) is 17.0 Å². The molecule has 0 aliphatic rings. The standard InChI is InChI=1S/C13H9FN2O3S2.Na/c14-9-5-3-8(4-6-9)11-12(10-2-1-7-20-10)16-13(15-11)21(17,18)19;/h1-7H,(H,15,16)(H,17,18,19);/q;+1/p-1. The Hall–Kier alpha value is -1.03. The third kappa shape index (κ3) is 3.48. The van der Waals surface area contributed by atoms with Crippen LogP contribution < -0.4 is 29.6 Å². The van der Waals surface area contributed by atoms with Gasteiger partial charge < -0.3 is 9.54 Å². The third-order valence-electron chi connectivity index (χ3n) is 2.80. The number of aromatic amines is 1. The minimum atomic E-state index is -4.70. The van der Waals surface area contributed by atoms with Crippen LogP contribution in [0.3, 0.4) is 0 Å². The van der Waals surface area contributed by atoms with Crippen molar-refractivity contribution in [2.45, 2.75) is 5.16 Å². The topological polar surface area (TPSA) is 85.9 Å². The van der Waals surface area contributed by atoms with E-state index in [4.69, 9.17) is 0 Å². The first-order chi connectivity index (χ1) is 9.95. The van der Waals surface area contributed by atoms with Crippen LogP contribution in [0.4, 0.5) is 4.39 Å². The van der Waals surface area contributed by atoms with Gasteiger partial charge in [0.2, 0.25) is 5.16 Å². The largest absolute Gasteiger partial charge is 1.00 e. The molecule has 22 heavy (non-hydrogen) atoms. The molecule has 3 aromatic rings. The van der Waals surface area contributed by atoms with Crippen molar-refractivity contribution in [2.75, 3.05) is 0 Å². The average Bonchev–Trinajstić information content (AvgIpc) is 3.07. The zero-order chi connectivity index (χ0) is 15.0. The number of nitrogens with one attached hydrogen (secondary N) is 1. The van der Waals surface area contributed by atoms with Crippen LogP contribution in [0, 0.1) is 5.82 Å². The molecule has 0 fully saturated rings. The zero-order valence-corrected chi connectivity index (χ0v) is 15.0. The van der Waals surface area contributed by atoms with Crippen molar-refractivity contribution in [2.24, 2.45) is 0 Å². The van der Waals surface area contributed by atoms with E-state index in [-0.39, 0.29) is 29.6 Å². The Morgan fingerprint density at radius 3 is 2.41 bits per heavy atom. The van der Waals surface area contributed by atoms with Crippen LogP contribution in [0.5, 0.6) is 0 Å². The Morgan fingerprint density at radius 1 is 1.18 bits per heavy atom. The molecular weight excluding hydrogens is 338 g/mol. The number of halogens is 1. The summed E-state index contributed by atoms with van der Waals surface area (Å²) >= 11 is 1.37. The Balaban J connectivity index is 0.00000176. The number of benzene rings is 1. The Kier molecular flexibility index (Phi) is 5.21. The smallest absolute Gasteiger partial charge is 0.742 e. The van der Waals surface area contributed by atoms with E-state index in [1.54, 1.807) is 12.1 Å². The second-order valence-corrected chi connectivity index (χ2v) is 6.45. The van der Waals surface area contributed by atoms with Crippen molar-refractivity contribution in [1.29, 1.82) is 0 Å². The first kappa shape index (κ1) is 17.3. The summed E-state index contributed by atoms with van der Waals surface area (Å²) in [5.74, 6) is -0.413. The molecule has 1 N–H and O–H groups in total. The van der Waals surface area contributed by atoms with Crippen LogP contribution in [0.2, 0.25) is 0 Å². The molecule has 0 saturated carbocycles. The number of thiophene rings is 1. The van der Waals surface area contributed by atoms with Gasteiger partial charge in [-0.2, -0.15) is 0 Å². The second-order valence-electron chi connectivity index (χ2n) is 4.20. The van der Waals surface area contributed by atoms with Gasteiger partial charge in [0, 0.05) is 5.56 Å². The Labute approximate surface area is 152 Å². The van der Waals surface area contributed by atoms with E-state index in [9.17, 15) is 17.4 Å². The fraction of sp³-hybridized carbons (Fsp3) is 0. The van der Waals surface area contributed by atoms with Crippen molar-refractivity contribution in [3.63, 3.8) is 0 Å². The van der Waals surface area contributed by atoms with E-state index in [1.165, 1.54) is 35.6 Å². The molecule has 0 spiro atoms. The fourth-order valence-electron chi connectivity index (χ4n) is 1.89. The minimum absolute atomic E-state index is 0. The van der Waals surface area contributed by atoms with Gasteiger partial charge in [0.05, 0.1) is 16.3 Å². The van der Waals surface area contributed by atoms with E-state index >= 15 is 0 Å². The monoisotopic (exact) mass is 346 g/mol. The number of hydrogen-bond acceptors (Lipinski definition) is 5. The van der Waals surface area contributed by atoms with Crippen molar-refractivity contribution >= 4 is 21.5 Å². The van der Waals surface area contributed by atoms with Gasteiger partial charge in [-0.25, -0.2) is 17.8 Å². The SMILES string of the molecule is O=S(=O)([O-])c1nc(-c2ccc(F)cc2)c(-c2cccs2)[nH]1.[Na+]. The summed E-state index contributed by atoms with van der Waals surface area (Å²) in [5.41, 5.74) is 1.24. The molecule has 9 heteroatoms. The van der Waals surface area contributed by atoms with Gasteiger partial charge in [-0.3, -0.25) is 0 Å². The molecule has 5 nitrogen and oxygen atoms in total. The molecule has 0 unspecified atom stereocenters. The summed E-state index contributed by atoms with van der Waals surface area (Å²) in [4.78, 5) is 7.14. The summed E-state index contributed by atoms with van der Waals surface area (Å²) in [6.07, 6.45) is 0. The van der Waals surface area contributed by atoms with E-state index in [0.717, 1.165) is 4.88 Å². The van der Waals surface area contributed by atoms with Gasteiger partial charge in [-0.15, -0.1) is 11.3 Å². The van der Waals surface area contributed by atoms with Crippen LogP contribution in [0.25, 0.3) is 21.8 Å². The quantitative estimate of drug-likeness (QED) is 0.528. The first-order valence-electron chi connectivity index (χ1n) is 5.81. The van der Waals surface area contributed by atoms with Gasteiger partial charge in [0.15, 0.2) is 10.1 Å². The normalized spacial score (nSPS) is 11.2. The molecule has 3 rings (SSSR count). The van der Waals surface area contributed by atoms with Gasteiger partial charge in [0.1, 0.15) is 5.82 Å².